The zero-order chi connectivity index (χ0) is 17.6. The van der Waals surface area contributed by atoms with Crippen molar-refractivity contribution in [2.45, 2.75) is 20.0 Å². The first-order valence-corrected chi connectivity index (χ1v) is 7.64. The van der Waals surface area contributed by atoms with Crippen molar-refractivity contribution in [3.8, 4) is 6.07 Å². The summed E-state index contributed by atoms with van der Waals surface area (Å²) < 4.78 is 10.2. The van der Waals surface area contributed by atoms with Crippen molar-refractivity contribution < 1.29 is 19.1 Å². The lowest BCUT2D eigenvalue weighted by atomic mass is 9.77. The number of ether oxygens (including phenoxy) is 2. The monoisotopic (exact) mass is 328 g/mol. The lowest BCUT2D eigenvalue weighted by molar-refractivity contribution is -0.151. The van der Waals surface area contributed by atoms with E-state index in [2.05, 4.69) is 0 Å². The number of rotatable bonds is 3. The molecule has 0 spiro atoms. The molecule has 1 aliphatic rings. The first kappa shape index (κ1) is 17.5. The van der Waals surface area contributed by atoms with Gasteiger partial charge in [-0.2, -0.15) is 5.26 Å². The maximum Gasteiger partial charge on any atom is 0.410 e. The van der Waals surface area contributed by atoms with Gasteiger partial charge >= 0.3 is 12.1 Å². The van der Waals surface area contributed by atoms with Crippen molar-refractivity contribution in [3.05, 3.63) is 47.5 Å². The number of carbonyl (C=O) groups is 2. The molecule has 1 aromatic carbocycles. The molecule has 0 bridgehead atoms. The summed E-state index contributed by atoms with van der Waals surface area (Å²) in [6.45, 7) is 2.37. The molecule has 0 saturated carbocycles. The SMILES string of the molecule is COC(=O)[C@@]1(C)CN(C(=O)OCc2ccccc2)CC/C1=C\C#N. The minimum Gasteiger partial charge on any atom is -0.468 e. The third kappa shape index (κ3) is 3.74. The van der Waals surface area contributed by atoms with Crippen LogP contribution in [0, 0.1) is 16.7 Å². The van der Waals surface area contributed by atoms with Crippen molar-refractivity contribution in [2.24, 2.45) is 5.41 Å². The van der Waals surface area contributed by atoms with Gasteiger partial charge in [0.05, 0.1) is 13.2 Å². The minimum absolute atomic E-state index is 0.126. The van der Waals surface area contributed by atoms with Gasteiger partial charge in [-0.25, -0.2) is 4.79 Å². The summed E-state index contributed by atoms with van der Waals surface area (Å²) in [5.41, 5.74) is 0.529. The van der Waals surface area contributed by atoms with Gasteiger partial charge in [0.2, 0.25) is 0 Å². The van der Waals surface area contributed by atoms with E-state index in [0.29, 0.717) is 18.5 Å². The van der Waals surface area contributed by atoms with Gasteiger partial charge in [-0.15, -0.1) is 0 Å². The van der Waals surface area contributed by atoms with E-state index in [0.717, 1.165) is 5.56 Å². The van der Waals surface area contributed by atoms with Gasteiger partial charge in [-0.1, -0.05) is 30.3 Å². The first-order valence-electron chi connectivity index (χ1n) is 7.64. The predicted octanol–water partition coefficient (Wildman–Crippen LogP) is 2.66. The Hall–Kier alpha value is -2.81. The second-order valence-corrected chi connectivity index (χ2v) is 5.83. The van der Waals surface area contributed by atoms with Crippen LogP contribution in [0.3, 0.4) is 0 Å². The van der Waals surface area contributed by atoms with E-state index >= 15 is 0 Å². The average molecular weight is 328 g/mol. The fraction of sp³-hybridized carbons (Fsp3) is 0.389. The Labute approximate surface area is 141 Å². The lowest BCUT2D eigenvalue weighted by Gasteiger charge is -2.39. The Morgan fingerprint density at radius 2 is 2.08 bits per heavy atom. The fourth-order valence-electron chi connectivity index (χ4n) is 2.79. The number of carbonyl (C=O) groups excluding carboxylic acids is 2. The molecule has 1 amide bonds. The third-order valence-electron chi connectivity index (χ3n) is 4.20. The molecule has 2 rings (SSSR count). The molecular formula is C18H20N2O4. The summed E-state index contributed by atoms with van der Waals surface area (Å²) in [7, 11) is 1.30. The number of methoxy groups -OCH3 is 1. The van der Waals surface area contributed by atoms with Crippen LogP contribution in [0.15, 0.2) is 42.0 Å². The molecule has 1 heterocycles. The highest BCUT2D eigenvalue weighted by atomic mass is 16.6. The standard InChI is InChI=1S/C18H20N2O4/c1-18(16(21)23-2)13-20(11-9-15(18)8-10-19)17(22)24-12-14-6-4-3-5-7-14/h3-8H,9,11-13H2,1-2H3/b15-8+/t18-/m0/s1. The molecule has 0 unspecified atom stereocenters. The van der Waals surface area contributed by atoms with Crippen molar-refractivity contribution >= 4 is 12.1 Å². The number of hydrogen-bond donors (Lipinski definition) is 0. The molecular weight excluding hydrogens is 308 g/mol. The minimum atomic E-state index is -1.03. The molecule has 1 aromatic rings. The van der Waals surface area contributed by atoms with E-state index < -0.39 is 17.5 Å². The molecule has 1 saturated heterocycles. The van der Waals surface area contributed by atoms with Gasteiger partial charge in [-0.05, 0) is 24.5 Å². The number of hydrogen-bond acceptors (Lipinski definition) is 5. The van der Waals surface area contributed by atoms with Gasteiger partial charge < -0.3 is 14.4 Å². The number of nitrogens with zero attached hydrogens (tertiary/aromatic N) is 2. The third-order valence-corrected chi connectivity index (χ3v) is 4.20. The Morgan fingerprint density at radius 3 is 2.71 bits per heavy atom. The quantitative estimate of drug-likeness (QED) is 0.629. The average Bonchev–Trinajstić information content (AvgIpc) is 2.61. The van der Waals surface area contributed by atoms with E-state index in [1.54, 1.807) is 6.92 Å². The van der Waals surface area contributed by atoms with Crippen LogP contribution in [0.5, 0.6) is 0 Å². The normalized spacial score (nSPS) is 21.9. The molecule has 6 heteroatoms. The molecule has 0 aliphatic carbocycles. The number of allylic oxidation sites excluding steroid dienone is 1. The molecule has 0 N–H and O–H groups in total. The maximum absolute atomic E-state index is 12.3. The molecule has 0 aromatic heterocycles. The maximum atomic E-state index is 12.3. The number of amides is 1. The molecule has 1 atom stereocenters. The highest BCUT2D eigenvalue weighted by molar-refractivity contribution is 5.82. The van der Waals surface area contributed by atoms with Gasteiger partial charge in [0.25, 0.3) is 0 Å². The topological polar surface area (TPSA) is 79.6 Å². The Kier molecular flexibility index (Phi) is 5.59. The number of piperidine rings is 1. The van der Waals surface area contributed by atoms with Crippen LogP contribution >= 0.6 is 0 Å². The largest absolute Gasteiger partial charge is 0.468 e. The van der Waals surface area contributed by atoms with Crippen LogP contribution in [0.1, 0.15) is 18.9 Å². The van der Waals surface area contributed by atoms with Crippen LogP contribution in [0.25, 0.3) is 0 Å². The van der Waals surface area contributed by atoms with Crippen molar-refractivity contribution in [2.75, 3.05) is 20.2 Å². The lowest BCUT2D eigenvalue weighted by Crippen LogP contribution is -2.50. The second kappa shape index (κ2) is 7.64. The van der Waals surface area contributed by atoms with E-state index in [9.17, 15) is 9.59 Å². The summed E-state index contributed by atoms with van der Waals surface area (Å²) in [6, 6.07) is 11.3. The van der Waals surface area contributed by atoms with E-state index in [1.165, 1.54) is 18.1 Å². The summed E-state index contributed by atoms with van der Waals surface area (Å²) in [5, 5.41) is 8.91. The number of likely N-dealkylation sites (tertiary alicyclic amines) is 1. The van der Waals surface area contributed by atoms with Gasteiger partial charge in [0, 0.05) is 19.2 Å². The van der Waals surface area contributed by atoms with Gasteiger partial charge in [0.1, 0.15) is 12.0 Å². The number of nitriles is 1. The summed E-state index contributed by atoms with van der Waals surface area (Å²) >= 11 is 0. The summed E-state index contributed by atoms with van der Waals surface area (Å²) in [6.07, 6.45) is 1.31. The van der Waals surface area contributed by atoms with E-state index in [4.69, 9.17) is 14.7 Å². The zero-order valence-corrected chi connectivity index (χ0v) is 13.8. The molecule has 24 heavy (non-hydrogen) atoms. The predicted molar refractivity (Wildman–Crippen MR) is 86.6 cm³/mol. The molecule has 6 nitrogen and oxygen atoms in total. The summed E-state index contributed by atoms with van der Waals surface area (Å²) in [4.78, 5) is 26.0. The molecule has 0 radical (unpaired) electrons. The first-order chi connectivity index (χ1) is 11.5. The van der Waals surface area contributed by atoms with Crippen molar-refractivity contribution in [1.29, 1.82) is 5.26 Å². The number of benzene rings is 1. The Morgan fingerprint density at radius 1 is 1.38 bits per heavy atom. The van der Waals surface area contributed by atoms with E-state index in [-0.39, 0.29) is 13.2 Å². The van der Waals surface area contributed by atoms with Crippen molar-refractivity contribution in [3.63, 3.8) is 0 Å². The molecule has 126 valence electrons. The van der Waals surface area contributed by atoms with Crippen LogP contribution < -0.4 is 0 Å². The highest BCUT2D eigenvalue weighted by Crippen LogP contribution is 2.36. The number of esters is 1. The van der Waals surface area contributed by atoms with E-state index in [1.807, 2.05) is 36.4 Å². The Bertz CT molecular complexity index is 678. The molecule has 1 fully saturated rings. The Balaban J connectivity index is 2.07. The van der Waals surface area contributed by atoms with Crippen LogP contribution in [-0.4, -0.2) is 37.2 Å². The van der Waals surface area contributed by atoms with Crippen LogP contribution in [0.2, 0.25) is 0 Å². The second-order valence-electron chi connectivity index (χ2n) is 5.83. The zero-order valence-electron chi connectivity index (χ0n) is 13.8. The van der Waals surface area contributed by atoms with Gasteiger partial charge in [0.15, 0.2) is 0 Å². The summed E-state index contributed by atoms with van der Waals surface area (Å²) in [5.74, 6) is -0.468. The van der Waals surface area contributed by atoms with Crippen molar-refractivity contribution in [1.82, 2.24) is 4.90 Å². The van der Waals surface area contributed by atoms with Gasteiger partial charge in [-0.3, -0.25) is 4.79 Å². The van der Waals surface area contributed by atoms with Crippen LogP contribution in [0.4, 0.5) is 4.79 Å². The smallest absolute Gasteiger partial charge is 0.410 e. The molecule has 1 aliphatic heterocycles. The fourth-order valence-corrected chi connectivity index (χ4v) is 2.79. The highest BCUT2D eigenvalue weighted by Gasteiger charge is 2.44. The van der Waals surface area contributed by atoms with Crippen LogP contribution in [-0.2, 0) is 20.9 Å².